The lowest BCUT2D eigenvalue weighted by Gasteiger charge is -2.25. The molecule has 18 heavy (non-hydrogen) atoms. The molecule has 1 aromatic rings. The van der Waals surface area contributed by atoms with Gasteiger partial charge in [0.15, 0.2) is 9.84 Å². The SMILES string of the molecule is Cc1ccc(S(C)(=O)=O)cc1NC1CCCNC1. The van der Waals surface area contributed by atoms with E-state index in [1.807, 2.05) is 13.0 Å². The minimum atomic E-state index is -3.14. The van der Waals surface area contributed by atoms with Crippen LogP contribution in [0, 0.1) is 6.92 Å². The summed E-state index contributed by atoms with van der Waals surface area (Å²) in [5.41, 5.74) is 2.00. The molecular weight excluding hydrogens is 248 g/mol. The van der Waals surface area contributed by atoms with Gasteiger partial charge in [-0.05, 0) is 44.0 Å². The van der Waals surface area contributed by atoms with Gasteiger partial charge in [-0.1, -0.05) is 6.07 Å². The topological polar surface area (TPSA) is 58.2 Å². The maximum atomic E-state index is 11.5. The van der Waals surface area contributed by atoms with Crippen LogP contribution in [0.3, 0.4) is 0 Å². The molecule has 0 spiro atoms. The van der Waals surface area contributed by atoms with E-state index in [9.17, 15) is 8.42 Å². The third-order valence-corrected chi connectivity index (χ3v) is 4.40. The summed E-state index contributed by atoms with van der Waals surface area (Å²) in [6, 6.07) is 5.63. The Balaban J connectivity index is 2.21. The highest BCUT2D eigenvalue weighted by molar-refractivity contribution is 7.90. The van der Waals surface area contributed by atoms with Crippen molar-refractivity contribution >= 4 is 15.5 Å². The van der Waals surface area contributed by atoms with Crippen molar-refractivity contribution in [2.75, 3.05) is 24.7 Å². The monoisotopic (exact) mass is 268 g/mol. The summed E-state index contributed by atoms with van der Waals surface area (Å²) in [4.78, 5) is 0.374. The first-order chi connectivity index (χ1) is 8.47. The van der Waals surface area contributed by atoms with Gasteiger partial charge in [0.2, 0.25) is 0 Å². The number of sulfone groups is 1. The minimum absolute atomic E-state index is 0.374. The second-order valence-corrected chi connectivity index (χ2v) is 6.95. The number of benzene rings is 1. The van der Waals surface area contributed by atoms with Crippen LogP contribution in [-0.4, -0.2) is 33.8 Å². The average Bonchev–Trinajstić information content (AvgIpc) is 2.32. The van der Waals surface area contributed by atoms with Gasteiger partial charge in [0.25, 0.3) is 0 Å². The van der Waals surface area contributed by atoms with Gasteiger partial charge in [-0.15, -0.1) is 0 Å². The van der Waals surface area contributed by atoms with Gasteiger partial charge in [-0.25, -0.2) is 8.42 Å². The minimum Gasteiger partial charge on any atom is -0.381 e. The lowest BCUT2D eigenvalue weighted by Crippen LogP contribution is -2.38. The molecule has 0 aliphatic carbocycles. The highest BCUT2D eigenvalue weighted by atomic mass is 32.2. The molecule has 0 aromatic heterocycles. The van der Waals surface area contributed by atoms with E-state index in [0.29, 0.717) is 10.9 Å². The van der Waals surface area contributed by atoms with Crippen molar-refractivity contribution in [3.63, 3.8) is 0 Å². The highest BCUT2D eigenvalue weighted by Crippen LogP contribution is 2.22. The van der Waals surface area contributed by atoms with Crippen molar-refractivity contribution in [2.45, 2.75) is 30.7 Å². The smallest absolute Gasteiger partial charge is 0.175 e. The van der Waals surface area contributed by atoms with Gasteiger partial charge < -0.3 is 10.6 Å². The van der Waals surface area contributed by atoms with Crippen LogP contribution in [0.15, 0.2) is 23.1 Å². The summed E-state index contributed by atoms with van der Waals surface area (Å²) in [6.45, 7) is 3.99. The van der Waals surface area contributed by atoms with E-state index < -0.39 is 9.84 Å². The Bertz CT molecular complexity index is 520. The Hall–Kier alpha value is -1.07. The van der Waals surface area contributed by atoms with Crippen LogP contribution in [0.2, 0.25) is 0 Å². The molecule has 1 unspecified atom stereocenters. The van der Waals surface area contributed by atoms with E-state index in [4.69, 9.17) is 0 Å². The van der Waals surface area contributed by atoms with Gasteiger partial charge in [-0.3, -0.25) is 0 Å². The summed E-state index contributed by atoms with van der Waals surface area (Å²) in [5.74, 6) is 0. The molecule has 100 valence electrons. The summed E-state index contributed by atoms with van der Waals surface area (Å²) in [5, 5.41) is 6.77. The molecule has 4 nitrogen and oxygen atoms in total. The summed E-state index contributed by atoms with van der Waals surface area (Å²) >= 11 is 0. The van der Waals surface area contributed by atoms with Crippen LogP contribution in [-0.2, 0) is 9.84 Å². The van der Waals surface area contributed by atoms with E-state index in [2.05, 4.69) is 10.6 Å². The first kappa shape index (κ1) is 13.4. The molecule has 2 rings (SSSR count). The van der Waals surface area contributed by atoms with Crippen molar-refractivity contribution in [1.29, 1.82) is 0 Å². The maximum Gasteiger partial charge on any atom is 0.175 e. The van der Waals surface area contributed by atoms with Crippen molar-refractivity contribution < 1.29 is 8.42 Å². The molecule has 1 aliphatic heterocycles. The molecule has 1 atom stereocenters. The fraction of sp³-hybridized carbons (Fsp3) is 0.538. The van der Waals surface area contributed by atoms with Crippen molar-refractivity contribution in [3.8, 4) is 0 Å². The number of hydrogen-bond acceptors (Lipinski definition) is 4. The molecule has 1 heterocycles. The van der Waals surface area contributed by atoms with Crippen LogP contribution >= 0.6 is 0 Å². The largest absolute Gasteiger partial charge is 0.381 e. The van der Waals surface area contributed by atoms with Crippen molar-refractivity contribution in [1.82, 2.24) is 5.32 Å². The van der Waals surface area contributed by atoms with E-state index in [0.717, 1.165) is 37.2 Å². The Morgan fingerprint density at radius 2 is 2.17 bits per heavy atom. The molecule has 0 saturated carbocycles. The van der Waals surface area contributed by atoms with Crippen LogP contribution in [0.4, 0.5) is 5.69 Å². The van der Waals surface area contributed by atoms with E-state index in [1.165, 1.54) is 6.26 Å². The standard InChI is InChI=1S/C13H20N2O2S/c1-10-5-6-12(18(2,16)17)8-13(10)15-11-4-3-7-14-9-11/h5-6,8,11,14-15H,3-4,7,9H2,1-2H3. The third-order valence-electron chi connectivity index (χ3n) is 3.29. The predicted molar refractivity (Wildman–Crippen MR) is 73.8 cm³/mol. The summed E-state index contributed by atoms with van der Waals surface area (Å²) < 4.78 is 23.1. The number of hydrogen-bond donors (Lipinski definition) is 2. The molecule has 1 fully saturated rings. The van der Waals surface area contributed by atoms with Gasteiger partial charge in [0.1, 0.15) is 0 Å². The van der Waals surface area contributed by atoms with E-state index in [1.54, 1.807) is 12.1 Å². The molecule has 1 saturated heterocycles. The normalized spacial score (nSPS) is 20.7. The first-order valence-electron chi connectivity index (χ1n) is 6.25. The molecule has 1 aliphatic rings. The number of rotatable bonds is 3. The highest BCUT2D eigenvalue weighted by Gasteiger charge is 2.15. The van der Waals surface area contributed by atoms with Gasteiger partial charge in [-0.2, -0.15) is 0 Å². The molecule has 0 bridgehead atoms. The van der Waals surface area contributed by atoms with Crippen molar-refractivity contribution in [3.05, 3.63) is 23.8 Å². The Morgan fingerprint density at radius 1 is 1.39 bits per heavy atom. The van der Waals surface area contributed by atoms with E-state index >= 15 is 0 Å². The average molecular weight is 268 g/mol. The fourth-order valence-corrected chi connectivity index (χ4v) is 2.83. The molecule has 5 heteroatoms. The van der Waals surface area contributed by atoms with Crippen LogP contribution in [0.1, 0.15) is 18.4 Å². The second kappa shape index (κ2) is 5.28. The lowest BCUT2D eigenvalue weighted by molar-refractivity contribution is 0.479. The summed E-state index contributed by atoms with van der Waals surface area (Å²) in [7, 11) is -3.14. The van der Waals surface area contributed by atoms with Crippen molar-refractivity contribution in [2.24, 2.45) is 0 Å². The van der Waals surface area contributed by atoms with Gasteiger partial charge in [0, 0.05) is 24.5 Å². The number of aryl methyl sites for hydroxylation is 1. The number of nitrogens with one attached hydrogen (secondary N) is 2. The molecule has 0 amide bonds. The molecule has 1 aromatic carbocycles. The van der Waals surface area contributed by atoms with Gasteiger partial charge in [0.05, 0.1) is 4.90 Å². The Kier molecular flexibility index (Phi) is 3.92. The van der Waals surface area contributed by atoms with Crippen LogP contribution in [0.25, 0.3) is 0 Å². The Morgan fingerprint density at radius 3 is 2.78 bits per heavy atom. The number of piperidine rings is 1. The fourth-order valence-electron chi connectivity index (χ4n) is 2.18. The van der Waals surface area contributed by atoms with E-state index in [-0.39, 0.29) is 0 Å². The lowest BCUT2D eigenvalue weighted by atomic mass is 10.1. The molecular formula is C13H20N2O2S. The zero-order valence-corrected chi connectivity index (χ0v) is 11.7. The zero-order chi connectivity index (χ0) is 13.2. The first-order valence-corrected chi connectivity index (χ1v) is 8.14. The second-order valence-electron chi connectivity index (χ2n) is 4.94. The number of anilines is 1. The van der Waals surface area contributed by atoms with Gasteiger partial charge >= 0.3 is 0 Å². The third kappa shape index (κ3) is 3.23. The molecule has 2 N–H and O–H groups in total. The summed E-state index contributed by atoms with van der Waals surface area (Å²) in [6.07, 6.45) is 3.52. The van der Waals surface area contributed by atoms with Crippen LogP contribution < -0.4 is 10.6 Å². The predicted octanol–water partition coefficient (Wildman–Crippen LogP) is 1.56. The quantitative estimate of drug-likeness (QED) is 0.873. The maximum absolute atomic E-state index is 11.5. The molecule has 0 radical (unpaired) electrons. The zero-order valence-electron chi connectivity index (χ0n) is 10.9. The Labute approximate surface area is 109 Å². The van der Waals surface area contributed by atoms with Crippen LogP contribution in [0.5, 0.6) is 0 Å².